The zero-order chi connectivity index (χ0) is 20.4. The largest absolute Gasteiger partial charge is 1.00 e. The normalized spacial score (nSPS) is 12.8. The van der Waals surface area contributed by atoms with Gasteiger partial charge in [0.2, 0.25) is 5.91 Å². The Bertz CT molecular complexity index is 377. The van der Waals surface area contributed by atoms with Crippen LogP contribution in [0, 0.1) is 0 Å². The van der Waals surface area contributed by atoms with Crippen molar-refractivity contribution in [2.45, 2.75) is 116 Å². The number of hydrogen-bond acceptors (Lipinski definition) is 1. The lowest BCUT2D eigenvalue weighted by atomic mass is 10.1. The van der Waals surface area contributed by atoms with E-state index in [9.17, 15) is 4.79 Å². The Kier molecular flexibility index (Phi) is 21.3. The van der Waals surface area contributed by atoms with Gasteiger partial charge in [-0.25, -0.2) is 0 Å². The van der Waals surface area contributed by atoms with Gasteiger partial charge in [0.25, 0.3) is 0 Å². The number of carbonyl (C=O) groups excluding carboxylic acids is 1. The van der Waals surface area contributed by atoms with E-state index in [1.165, 1.54) is 77.0 Å². The van der Waals surface area contributed by atoms with Crippen molar-refractivity contribution in [1.29, 1.82) is 0 Å². The molecule has 3 nitrogen and oxygen atoms in total. The molecule has 0 aromatic rings. The molecule has 0 radical (unpaired) electrons. The van der Waals surface area contributed by atoms with Crippen LogP contribution in [0.2, 0.25) is 0 Å². The first-order valence-electron chi connectivity index (χ1n) is 11.7. The lowest BCUT2D eigenvalue weighted by Gasteiger charge is -2.33. The van der Waals surface area contributed by atoms with Crippen molar-refractivity contribution in [2.75, 3.05) is 21.1 Å². The Hall–Kier alpha value is -0.350. The van der Waals surface area contributed by atoms with Crippen LogP contribution in [0.1, 0.15) is 110 Å². The molecule has 0 fully saturated rings. The monoisotopic (exact) mass is 460 g/mol. The molecule has 0 aliphatic heterocycles. The number of halogens is 1. The van der Waals surface area contributed by atoms with E-state index in [1.54, 1.807) is 0 Å². The summed E-state index contributed by atoms with van der Waals surface area (Å²) >= 11 is 0. The number of rotatable bonds is 18. The molecule has 1 atom stereocenters. The zero-order valence-electron chi connectivity index (χ0n) is 19.6. The van der Waals surface area contributed by atoms with Gasteiger partial charge in [0.1, 0.15) is 0 Å². The smallest absolute Gasteiger partial charge is 0.224 e. The maximum atomic E-state index is 12.1. The minimum atomic E-state index is 0. The van der Waals surface area contributed by atoms with E-state index in [0.717, 1.165) is 17.3 Å². The fraction of sp³-hybridized carbons (Fsp3) is 0.875. The van der Waals surface area contributed by atoms with Crippen LogP contribution in [-0.2, 0) is 4.79 Å². The second kappa shape index (κ2) is 19.9. The van der Waals surface area contributed by atoms with Gasteiger partial charge in [-0.05, 0) is 32.1 Å². The van der Waals surface area contributed by atoms with Crippen LogP contribution in [0.4, 0.5) is 0 Å². The van der Waals surface area contributed by atoms with E-state index in [-0.39, 0.29) is 29.1 Å². The molecule has 1 unspecified atom stereocenters. The number of quaternary nitrogens is 1. The summed E-state index contributed by atoms with van der Waals surface area (Å²) < 4.78 is 0.786. The fourth-order valence-corrected chi connectivity index (χ4v) is 3.46. The summed E-state index contributed by atoms with van der Waals surface area (Å²) in [6.45, 7) is 4.41. The van der Waals surface area contributed by atoms with E-state index in [1.807, 2.05) is 0 Å². The summed E-state index contributed by atoms with van der Waals surface area (Å²) in [5.41, 5.74) is 0. The van der Waals surface area contributed by atoms with Crippen LogP contribution < -0.4 is 22.3 Å². The first-order chi connectivity index (χ1) is 12.9. The van der Waals surface area contributed by atoms with Gasteiger partial charge in [0, 0.05) is 12.8 Å². The van der Waals surface area contributed by atoms with Gasteiger partial charge in [-0.1, -0.05) is 77.4 Å². The molecule has 1 N–H and O–H groups in total. The quantitative estimate of drug-likeness (QED) is 0.144. The third-order valence-corrected chi connectivity index (χ3v) is 5.31. The molecule has 1 amide bonds. The topological polar surface area (TPSA) is 29.1 Å². The number of hydrogen-bond donors (Lipinski definition) is 1. The third-order valence-electron chi connectivity index (χ3n) is 5.31. The fourth-order valence-electron chi connectivity index (χ4n) is 3.46. The summed E-state index contributed by atoms with van der Waals surface area (Å²) in [4.78, 5) is 12.1. The molecule has 0 aliphatic carbocycles. The maximum absolute atomic E-state index is 12.1. The third kappa shape index (κ3) is 19.0. The van der Waals surface area contributed by atoms with Crippen LogP contribution in [0.15, 0.2) is 12.2 Å². The predicted octanol–water partition coefficient (Wildman–Crippen LogP) is 3.59. The molecule has 0 saturated carbocycles. The van der Waals surface area contributed by atoms with Crippen LogP contribution >= 0.6 is 0 Å². The van der Waals surface area contributed by atoms with E-state index in [2.05, 4.69) is 52.5 Å². The lowest BCUT2D eigenvalue weighted by Crippen LogP contribution is -3.00. The molecule has 0 saturated heterocycles. The second-order valence-electron chi connectivity index (χ2n) is 8.94. The van der Waals surface area contributed by atoms with Gasteiger partial charge in [0.15, 0.2) is 6.17 Å². The lowest BCUT2D eigenvalue weighted by molar-refractivity contribution is -0.898. The predicted molar refractivity (Wildman–Crippen MR) is 120 cm³/mol. The minimum absolute atomic E-state index is 0. The minimum Gasteiger partial charge on any atom is -1.00 e. The Balaban J connectivity index is 0. The van der Waals surface area contributed by atoms with Crippen LogP contribution in [0.25, 0.3) is 0 Å². The molecule has 28 heavy (non-hydrogen) atoms. The average molecular weight is 462 g/mol. The van der Waals surface area contributed by atoms with E-state index >= 15 is 0 Å². The molecule has 0 aliphatic rings. The molecule has 4 heteroatoms. The molecular weight excluding hydrogens is 412 g/mol. The van der Waals surface area contributed by atoms with Crippen LogP contribution in [0.5, 0.6) is 0 Å². The highest BCUT2D eigenvalue weighted by atomic mass is 79.9. The Morgan fingerprint density at radius 3 is 1.71 bits per heavy atom. The standard InChI is InChI=1S/C24H48N2O.BrH/c1-6-8-9-10-11-12-13-14-15-16-17-18-19-20-21-22-24(27)25-23(7-2)26(3,4)5;/h14-15,23H,6-13,16-22H2,1-5H3;1H/b15-14-;. The number of nitrogens with zero attached hydrogens (tertiary/aromatic N) is 1. The molecule has 0 aromatic heterocycles. The van der Waals surface area contributed by atoms with Gasteiger partial charge in [-0.3, -0.25) is 4.79 Å². The van der Waals surface area contributed by atoms with Gasteiger partial charge in [-0.2, -0.15) is 0 Å². The van der Waals surface area contributed by atoms with E-state index in [0.29, 0.717) is 6.42 Å². The van der Waals surface area contributed by atoms with Gasteiger partial charge in [0.05, 0.1) is 21.1 Å². The average Bonchev–Trinajstić information content (AvgIpc) is 2.62. The van der Waals surface area contributed by atoms with Gasteiger partial charge < -0.3 is 26.8 Å². The molecular formula is C24H49BrN2O. The van der Waals surface area contributed by atoms with Crippen LogP contribution in [0.3, 0.4) is 0 Å². The number of carbonyl (C=O) groups is 1. The highest BCUT2D eigenvalue weighted by molar-refractivity contribution is 5.75. The van der Waals surface area contributed by atoms with Crippen molar-refractivity contribution in [3.05, 3.63) is 12.2 Å². The van der Waals surface area contributed by atoms with Crippen molar-refractivity contribution < 1.29 is 26.3 Å². The van der Waals surface area contributed by atoms with Crippen LogP contribution in [-0.4, -0.2) is 37.7 Å². The number of unbranched alkanes of at least 4 members (excludes halogenated alkanes) is 11. The van der Waals surface area contributed by atoms with Crippen molar-refractivity contribution in [3.8, 4) is 0 Å². The van der Waals surface area contributed by atoms with Crippen molar-refractivity contribution in [2.24, 2.45) is 0 Å². The molecule has 0 aromatic carbocycles. The Morgan fingerprint density at radius 2 is 1.25 bits per heavy atom. The van der Waals surface area contributed by atoms with Crippen molar-refractivity contribution in [3.63, 3.8) is 0 Å². The summed E-state index contributed by atoms with van der Waals surface area (Å²) in [7, 11) is 6.41. The molecule has 0 bridgehead atoms. The van der Waals surface area contributed by atoms with E-state index < -0.39 is 0 Å². The summed E-state index contributed by atoms with van der Waals surface area (Å²) in [6.07, 6.45) is 23.4. The Labute approximate surface area is 187 Å². The first kappa shape index (κ1) is 29.8. The maximum Gasteiger partial charge on any atom is 0.224 e. The summed E-state index contributed by atoms with van der Waals surface area (Å²) in [6, 6.07) is 0. The van der Waals surface area contributed by atoms with Crippen molar-refractivity contribution >= 4 is 5.91 Å². The van der Waals surface area contributed by atoms with Gasteiger partial charge >= 0.3 is 0 Å². The van der Waals surface area contributed by atoms with Gasteiger partial charge in [-0.15, -0.1) is 0 Å². The SMILES string of the molecule is CCCCCCCC/C=C\CCCCCCCC(=O)NC(CC)[N+](C)(C)C.[Br-]. The second-order valence-corrected chi connectivity index (χ2v) is 8.94. The molecule has 0 heterocycles. The number of nitrogens with one attached hydrogen (secondary N) is 1. The highest BCUT2D eigenvalue weighted by Gasteiger charge is 2.22. The molecule has 168 valence electrons. The molecule has 0 spiro atoms. The first-order valence-corrected chi connectivity index (χ1v) is 11.7. The number of amides is 1. The Morgan fingerprint density at radius 1 is 0.786 bits per heavy atom. The van der Waals surface area contributed by atoms with E-state index in [4.69, 9.17) is 0 Å². The van der Waals surface area contributed by atoms with Crippen molar-refractivity contribution in [1.82, 2.24) is 5.32 Å². The number of allylic oxidation sites excluding steroid dienone is 2. The molecule has 0 rings (SSSR count). The zero-order valence-corrected chi connectivity index (χ0v) is 21.2. The highest BCUT2D eigenvalue weighted by Crippen LogP contribution is 2.10. The summed E-state index contributed by atoms with van der Waals surface area (Å²) in [5, 5.41) is 3.18. The summed E-state index contributed by atoms with van der Waals surface area (Å²) in [5.74, 6) is 0.215.